The smallest absolute Gasteiger partial charge is 0.348 e. The third-order valence-electron chi connectivity index (χ3n) is 1.61. The number of anilines is 1. The van der Waals surface area contributed by atoms with E-state index in [9.17, 15) is 10.1 Å². The Balaban J connectivity index is 2.81. The highest BCUT2D eigenvalue weighted by atomic mass is 32.1. The van der Waals surface area contributed by atoms with E-state index in [0.717, 1.165) is 11.3 Å². The summed E-state index contributed by atoms with van der Waals surface area (Å²) in [5.74, 6) is 0. The number of nitrogens with zero attached hydrogens (tertiary/aromatic N) is 2. The summed E-state index contributed by atoms with van der Waals surface area (Å²) in [6, 6.07) is 3.35. The minimum atomic E-state index is -0.499. The third kappa shape index (κ3) is 2.90. The highest BCUT2D eigenvalue weighted by Crippen LogP contribution is 2.33. The van der Waals surface area contributed by atoms with Crippen LogP contribution in [-0.4, -0.2) is 25.2 Å². The van der Waals surface area contributed by atoms with E-state index in [1.807, 2.05) is 6.07 Å². The maximum absolute atomic E-state index is 10.6. The van der Waals surface area contributed by atoms with Gasteiger partial charge in [-0.15, -0.1) is 0 Å². The fourth-order valence-electron chi connectivity index (χ4n) is 0.987. The Hall–Kier alpha value is -1.65. The Labute approximate surface area is 90.2 Å². The van der Waals surface area contributed by atoms with E-state index >= 15 is 0 Å². The first kappa shape index (κ1) is 11.4. The highest BCUT2D eigenvalue weighted by Gasteiger charge is 2.18. The molecule has 1 aromatic heterocycles. The van der Waals surface area contributed by atoms with Gasteiger partial charge in [0.1, 0.15) is 16.6 Å². The van der Waals surface area contributed by atoms with Crippen molar-refractivity contribution in [2.24, 2.45) is 0 Å². The van der Waals surface area contributed by atoms with Crippen molar-refractivity contribution >= 4 is 22.0 Å². The summed E-state index contributed by atoms with van der Waals surface area (Å²) < 4.78 is 4.80. The van der Waals surface area contributed by atoms with Gasteiger partial charge in [0.15, 0.2) is 0 Å². The van der Waals surface area contributed by atoms with Crippen molar-refractivity contribution in [3.8, 4) is 6.07 Å². The van der Waals surface area contributed by atoms with Gasteiger partial charge < -0.3 is 10.1 Å². The second kappa shape index (κ2) is 5.29. The molecule has 0 radical (unpaired) electrons. The van der Waals surface area contributed by atoms with E-state index in [-0.39, 0.29) is 5.00 Å². The van der Waals surface area contributed by atoms with Crippen LogP contribution in [0.25, 0.3) is 0 Å². The quantitative estimate of drug-likeness (QED) is 0.468. The standard InChI is InChI=1S/C8H9N3O3S/c1-14-3-2-10-7-4-6(5-9)15-8(7)11(12)13/h4,10H,2-3H2,1H3. The van der Waals surface area contributed by atoms with Gasteiger partial charge in [-0.2, -0.15) is 5.26 Å². The van der Waals surface area contributed by atoms with Gasteiger partial charge in [-0.3, -0.25) is 10.1 Å². The first-order chi connectivity index (χ1) is 7.19. The zero-order chi connectivity index (χ0) is 11.3. The van der Waals surface area contributed by atoms with Gasteiger partial charge in [-0.1, -0.05) is 0 Å². The minimum absolute atomic E-state index is 0.0392. The molecule has 0 aliphatic rings. The summed E-state index contributed by atoms with van der Waals surface area (Å²) in [5.41, 5.74) is 0.374. The van der Waals surface area contributed by atoms with Crippen molar-refractivity contribution in [3.63, 3.8) is 0 Å². The predicted molar refractivity (Wildman–Crippen MR) is 56.1 cm³/mol. The molecule has 0 aromatic carbocycles. The average Bonchev–Trinajstić information content (AvgIpc) is 2.62. The lowest BCUT2D eigenvalue weighted by molar-refractivity contribution is -0.379. The number of nitrogens with one attached hydrogen (secondary N) is 1. The molecule has 7 heteroatoms. The molecule has 0 saturated heterocycles. The monoisotopic (exact) mass is 227 g/mol. The van der Waals surface area contributed by atoms with Gasteiger partial charge in [0.25, 0.3) is 0 Å². The van der Waals surface area contributed by atoms with E-state index in [4.69, 9.17) is 10.00 Å². The zero-order valence-corrected chi connectivity index (χ0v) is 8.84. The topological polar surface area (TPSA) is 88.2 Å². The molecule has 6 nitrogen and oxygen atoms in total. The molecular weight excluding hydrogens is 218 g/mol. The van der Waals surface area contributed by atoms with Gasteiger partial charge in [-0.05, 0) is 17.4 Å². The molecule has 0 atom stereocenters. The molecule has 0 saturated carbocycles. The Morgan fingerprint density at radius 1 is 1.80 bits per heavy atom. The van der Waals surface area contributed by atoms with Gasteiger partial charge in [0.2, 0.25) is 0 Å². The summed E-state index contributed by atoms with van der Waals surface area (Å²) >= 11 is 0.862. The summed E-state index contributed by atoms with van der Waals surface area (Å²) in [5, 5.41) is 22.0. The number of nitriles is 1. The molecule has 1 N–H and O–H groups in total. The lowest BCUT2D eigenvalue weighted by atomic mass is 10.4. The van der Waals surface area contributed by atoms with E-state index in [2.05, 4.69) is 5.32 Å². The van der Waals surface area contributed by atoms with E-state index in [1.54, 1.807) is 7.11 Å². The Morgan fingerprint density at radius 2 is 2.53 bits per heavy atom. The number of nitro groups is 1. The van der Waals surface area contributed by atoms with Crippen LogP contribution in [-0.2, 0) is 4.74 Å². The maximum atomic E-state index is 10.6. The molecule has 0 aliphatic carbocycles. The van der Waals surface area contributed by atoms with Crippen LogP contribution < -0.4 is 5.32 Å². The maximum Gasteiger partial charge on any atom is 0.348 e. The summed E-state index contributed by atoms with van der Waals surface area (Å²) in [6.45, 7) is 0.924. The Kier molecular flexibility index (Phi) is 4.03. The average molecular weight is 227 g/mol. The first-order valence-electron chi connectivity index (χ1n) is 4.10. The minimum Gasteiger partial charge on any atom is -0.383 e. The molecular formula is C8H9N3O3S. The summed E-state index contributed by atoms with van der Waals surface area (Å²) in [7, 11) is 1.55. The fourth-order valence-corrected chi connectivity index (χ4v) is 1.73. The van der Waals surface area contributed by atoms with Crippen LogP contribution in [0.5, 0.6) is 0 Å². The van der Waals surface area contributed by atoms with Crippen molar-refractivity contribution in [2.45, 2.75) is 0 Å². The largest absolute Gasteiger partial charge is 0.383 e. The van der Waals surface area contributed by atoms with Crippen molar-refractivity contribution in [1.82, 2.24) is 0 Å². The van der Waals surface area contributed by atoms with Crippen molar-refractivity contribution in [2.75, 3.05) is 25.6 Å². The van der Waals surface area contributed by atoms with Gasteiger partial charge in [-0.25, -0.2) is 0 Å². The number of rotatable bonds is 5. The lowest BCUT2D eigenvalue weighted by Crippen LogP contribution is -2.07. The lowest BCUT2D eigenvalue weighted by Gasteiger charge is -2.01. The molecule has 0 fully saturated rings. The highest BCUT2D eigenvalue weighted by molar-refractivity contribution is 7.16. The Morgan fingerprint density at radius 3 is 3.07 bits per heavy atom. The number of methoxy groups -OCH3 is 1. The summed E-state index contributed by atoms with van der Waals surface area (Å²) in [6.07, 6.45) is 0. The van der Waals surface area contributed by atoms with Crippen LogP contribution in [0, 0.1) is 21.4 Å². The molecule has 1 rings (SSSR count). The molecule has 0 aliphatic heterocycles. The van der Waals surface area contributed by atoms with Crippen molar-refractivity contribution in [3.05, 3.63) is 21.1 Å². The second-order valence-corrected chi connectivity index (χ2v) is 3.65. The SMILES string of the molecule is COCCNc1cc(C#N)sc1[N+](=O)[O-]. The van der Waals surface area contributed by atoms with Crippen LogP contribution in [0.1, 0.15) is 4.88 Å². The van der Waals surface area contributed by atoms with Crippen LogP contribution in [0.4, 0.5) is 10.7 Å². The summed E-state index contributed by atoms with van der Waals surface area (Å²) in [4.78, 5) is 10.4. The normalized spacial score (nSPS) is 9.60. The number of hydrogen-bond acceptors (Lipinski definition) is 6. The van der Waals surface area contributed by atoms with Crippen molar-refractivity contribution in [1.29, 1.82) is 5.26 Å². The van der Waals surface area contributed by atoms with Crippen LogP contribution in [0.15, 0.2) is 6.07 Å². The zero-order valence-electron chi connectivity index (χ0n) is 8.02. The second-order valence-electron chi connectivity index (χ2n) is 2.62. The third-order valence-corrected chi connectivity index (χ3v) is 2.60. The van der Waals surface area contributed by atoms with Gasteiger partial charge >= 0.3 is 5.00 Å². The molecule has 1 heterocycles. The molecule has 1 aromatic rings. The Bertz CT molecular complexity index is 396. The molecule has 0 spiro atoms. The van der Waals surface area contributed by atoms with Gasteiger partial charge in [0, 0.05) is 13.7 Å². The van der Waals surface area contributed by atoms with Crippen LogP contribution >= 0.6 is 11.3 Å². The fraction of sp³-hybridized carbons (Fsp3) is 0.375. The number of ether oxygens (including phenoxy) is 1. The first-order valence-corrected chi connectivity index (χ1v) is 4.91. The number of thiophene rings is 1. The van der Waals surface area contributed by atoms with E-state index in [0.29, 0.717) is 23.7 Å². The molecule has 15 heavy (non-hydrogen) atoms. The van der Waals surface area contributed by atoms with Crippen LogP contribution in [0.3, 0.4) is 0 Å². The van der Waals surface area contributed by atoms with E-state index < -0.39 is 4.92 Å². The number of hydrogen-bond donors (Lipinski definition) is 1. The molecule has 0 amide bonds. The van der Waals surface area contributed by atoms with Crippen LogP contribution in [0.2, 0.25) is 0 Å². The van der Waals surface area contributed by atoms with E-state index in [1.165, 1.54) is 6.07 Å². The predicted octanol–water partition coefficient (Wildman–Crippen LogP) is 1.59. The molecule has 80 valence electrons. The molecule has 0 bridgehead atoms. The van der Waals surface area contributed by atoms with Gasteiger partial charge in [0.05, 0.1) is 11.5 Å². The van der Waals surface area contributed by atoms with Crippen molar-refractivity contribution < 1.29 is 9.66 Å². The molecule has 0 unspecified atom stereocenters.